The van der Waals surface area contributed by atoms with E-state index in [9.17, 15) is 21.6 Å². The second-order valence-corrected chi connectivity index (χ2v) is 5.92. The largest absolute Gasteiger partial charge is 0.433 e. The van der Waals surface area contributed by atoms with Gasteiger partial charge in [0.05, 0.1) is 23.3 Å². The van der Waals surface area contributed by atoms with Crippen LogP contribution in [-0.2, 0) is 16.2 Å². The predicted octanol–water partition coefficient (Wildman–Crippen LogP) is 2.24. The van der Waals surface area contributed by atoms with E-state index in [0.717, 1.165) is 12.3 Å². The van der Waals surface area contributed by atoms with E-state index in [0.29, 0.717) is 11.8 Å². The molecule has 2 aromatic rings. The Hall–Kier alpha value is -2.10. The molecular weight excluding hydrogens is 309 g/mol. The van der Waals surface area contributed by atoms with Crippen molar-refractivity contribution < 1.29 is 21.6 Å². The van der Waals surface area contributed by atoms with Gasteiger partial charge < -0.3 is 0 Å². The first-order chi connectivity index (χ1) is 9.61. The Morgan fingerprint density at radius 3 is 2.33 bits per heavy atom. The molecule has 0 spiro atoms. The number of anilines is 1. The van der Waals surface area contributed by atoms with Gasteiger partial charge in [-0.15, -0.1) is 0 Å². The van der Waals surface area contributed by atoms with Gasteiger partial charge in [-0.2, -0.15) is 18.3 Å². The Morgan fingerprint density at radius 2 is 1.90 bits per heavy atom. The van der Waals surface area contributed by atoms with Crippen LogP contribution in [0.25, 0.3) is 0 Å². The minimum atomic E-state index is -4.57. The molecule has 0 radical (unpaired) electrons. The van der Waals surface area contributed by atoms with Crippen molar-refractivity contribution in [2.24, 2.45) is 0 Å². The number of aromatic amines is 1. The zero-order valence-corrected chi connectivity index (χ0v) is 11.8. The first-order valence-electron chi connectivity index (χ1n) is 5.69. The van der Waals surface area contributed by atoms with Gasteiger partial charge in [-0.25, -0.2) is 13.4 Å². The Balaban J connectivity index is 2.30. The van der Waals surface area contributed by atoms with Crippen LogP contribution in [0.15, 0.2) is 23.2 Å². The number of sulfonamides is 1. The lowest BCUT2D eigenvalue weighted by molar-refractivity contribution is -0.141. The fourth-order valence-electron chi connectivity index (χ4n) is 1.76. The number of halogens is 3. The summed E-state index contributed by atoms with van der Waals surface area (Å²) in [6.07, 6.45) is -3.76. The molecule has 10 heteroatoms. The van der Waals surface area contributed by atoms with Crippen LogP contribution in [0.5, 0.6) is 0 Å². The lowest BCUT2D eigenvalue weighted by Gasteiger charge is -2.09. The molecule has 114 valence electrons. The van der Waals surface area contributed by atoms with Crippen LogP contribution >= 0.6 is 0 Å². The molecule has 2 rings (SSSR count). The maximum atomic E-state index is 12.4. The van der Waals surface area contributed by atoms with Gasteiger partial charge >= 0.3 is 6.18 Å². The van der Waals surface area contributed by atoms with Crippen LogP contribution in [0.1, 0.15) is 17.1 Å². The van der Waals surface area contributed by atoms with Crippen LogP contribution in [0.3, 0.4) is 0 Å². The number of aryl methyl sites for hydroxylation is 2. The van der Waals surface area contributed by atoms with E-state index in [1.807, 2.05) is 0 Å². The highest BCUT2D eigenvalue weighted by molar-refractivity contribution is 7.92. The first kappa shape index (κ1) is 15.3. The van der Waals surface area contributed by atoms with Crippen LogP contribution in [0.2, 0.25) is 0 Å². The molecule has 0 aliphatic heterocycles. The quantitative estimate of drug-likeness (QED) is 0.908. The summed E-state index contributed by atoms with van der Waals surface area (Å²) in [6, 6.07) is 1.70. The summed E-state index contributed by atoms with van der Waals surface area (Å²) in [6.45, 7) is 3.03. The van der Waals surface area contributed by atoms with E-state index < -0.39 is 21.9 Å². The second-order valence-electron chi connectivity index (χ2n) is 4.30. The summed E-state index contributed by atoms with van der Waals surface area (Å²) in [4.78, 5) is 3.15. The molecule has 0 saturated carbocycles. The molecule has 0 unspecified atom stereocenters. The number of hydrogen-bond acceptors (Lipinski definition) is 4. The monoisotopic (exact) mass is 320 g/mol. The number of pyridine rings is 1. The average molecular weight is 320 g/mol. The van der Waals surface area contributed by atoms with Crippen molar-refractivity contribution in [1.82, 2.24) is 15.2 Å². The predicted molar refractivity (Wildman–Crippen MR) is 68.1 cm³/mol. The molecule has 0 fully saturated rings. The summed E-state index contributed by atoms with van der Waals surface area (Å²) in [5.41, 5.74) is -0.566. The van der Waals surface area contributed by atoms with E-state index in [4.69, 9.17) is 0 Å². The second kappa shape index (κ2) is 5.02. The van der Waals surface area contributed by atoms with Gasteiger partial charge in [0, 0.05) is 0 Å². The fraction of sp³-hybridized carbons (Fsp3) is 0.273. The van der Waals surface area contributed by atoms with Gasteiger partial charge in [-0.3, -0.25) is 9.82 Å². The smallest absolute Gasteiger partial charge is 0.281 e. The van der Waals surface area contributed by atoms with Gasteiger partial charge in [0.15, 0.2) is 0 Å². The maximum Gasteiger partial charge on any atom is 0.433 e. The van der Waals surface area contributed by atoms with Crippen LogP contribution in [0, 0.1) is 13.8 Å². The van der Waals surface area contributed by atoms with E-state index >= 15 is 0 Å². The molecule has 0 saturated heterocycles. The molecule has 2 aromatic heterocycles. The summed E-state index contributed by atoms with van der Waals surface area (Å²) in [5.74, 6) is 0. The summed E-state index contributed by atoms with van der Waals surface area (Å²) < 4.78 is 63.6. The van der Waals surface area contributed by atoms with Gasteiger partial charge in [0.25, 0.3) is 10.0 Å². The number of hydrogen-bond donors (Lipinski definition) is 2. The number of aromatic nitrogens is 3. The molecule has 0 aromatic carbocycles. The van der Waals surface area contributed by atoms with Crippen LogP contribution < -0.4 is 4.72 Å². The highest BCUT2D eigenvalue weighted by Crippen LogP contribution is 2.28. The molecule has 0 atom stereocenters. The normalized spacial score (nSPS) is 12.4. The Kier molecular flexibility index (Phi) is 3.66. The minimum absolute atomic E-state index is 0.0394. The molecule has 6 nitrogen and oxygen atoms in total. The molecule has 21 heavy (non-hydrogen) atoms. The molecular formula is C11H11F3N4O2S. The highest BCUT2D eigenvalue weighted by Gasteiger charge is 2.32. The molecule has 2 N–H and O–H groups in total. The average Bonchev–Trinajstić information content (AvgIpc) is 2.68. The van der Waals surface area contributed by atoms with Crippen molar-refractivity contribution in [3.05, 3.63) is 35.4 Å². The van der Waals surface area contributed by atoms with E-state index in [1.165, 1.54) is 13.8 Å². The summed E-state index contributed by atoms with van der Waals surface area (Å²) >= 11 is 0. The van der Waals surface area contributed by atoms with Crippen molar-refractivity contribution in [1.29, 1.82) is 0 Å². The molecule has 0 aliphatic rings. The van der Waals surface area contributed by atoms with Crippen molar-refractivity contribution in [2.75, 3.05) is 4.72 Å². The third-order valence-corrected chi connectivity index (χ3v) is 4.28. The number of H-pyrrole nitrogens is 1. The Bertz CT molecular complexity index is 731. The Labute approximate surface area is 118 Å². The van der Waals surface area contributed by atoms with Gasteiger partial charge in [-0.1, -0.05) is 0 Å². The zero-order chi connectivity index (χ0) is 15.8. The molecule has 0 aliphatic carbocycles. The summed E-state index contributed by atoms with van der Waals surface area (Å²) in [7, 11) is -3.94. The van der Waals surface area contributed by atoms with E-state index in [-0.39, 0.29) is 16.3 Å². The number of alkyl halides is 3. The van der Waals surface area contributed by atoms with Crippen molar-refractivity contribution >= 4 is 15.7 Å². The highest BCUT2D eigenvalue weighted by atomic mass is 32.2. The van der Waals surface area contributed by atoms with Gasteiger partial charge in [0.2, 0.25) is 0 Å². The SMILES string of the molecule is Cc1n[nH]c(C)c1S(=O)(=O)Nc1ccc(C(F)(F)F)nc1. The van der Waals surface area contributed by atoms with Crippen LogP contribution in [-0.4, -0.2) is 23.6 Å². The molecule has 2 heterocycles. The third kappa shape index (κ3) is 3.15. The fourth-order valence-corrected chi connectivity index (χ4v) is 3.18. The minimum Gasteiger partial charge on any atom is -0.281 e. The Morgan fingerprint density at radius 1 is 1.24 bits per heavy atom. The summed E-state index contributed by atoms with van der Waals surface area (Å²) in [5, 5.41) is 6.29. The molecule has 0 bridgehead atoms. The van der Waals surface area contributed by atoms with E-state index in [2.05, 4.69) is 19.9 Å². The number of rotatable bonds is 3. The standard InChI is InChI=1S/C11H11F3N4O2S/c1-6-10(7(2)17-16-6)21(19,20)18-8-3-4-9(15-5-8)11(12,13)14/h3-5,18H,1-2H3,(H,16,17). The lowest BCUT2D eigenvalue weighted by Crippen LogP contribution is -2.15. The van der Waals surface area contributed by atoms with E-state index in [1.54, 1.807) is 0 Å². The van der Waals surface area contributed by atoms with Crippen molar-refractivity contribution in [2.45, 2.75) is 24.9 Å². The maximum absolute atomic E-state index is 12.4. The van der Waals surface area contributed by atoms with Crippen LogP contribution in [0.4, 0.5) is 18.9 Å². The topological polar surface area (TPSA) is 87.7 Å². The number of nitrogens with zero attached hydrogens (tertiary/aromatic N) is 2. The first-order valence-corrected chi connectivity index (χ1v) is 7.17. The third-order valence-electron chi connectivity index (χ3n) is 2.64. The lowest BCUT2D eigenvalue weighted by atomic mass is 10.3. The number of nitrogens with one attached hydrogen (secondary N) is 2. The zero-order valence-electron chi connectivity index (χ0n) is 11.0. The molecule has 0 amide bonds. The van der Waals surface area contributed by atoms with Gasteiger partial charge in [-0.05, 0) is 26.0 Å². The van der Waals surface area contributed by atoms with Gasteiger partial charge in [0.1, 0.15) is 10.6 Å². The van der Waals surface area contributed by atoms with Crippen molar-refractivity contribution in [3.63, 3.8) is 0 Å². The van der Waals surface area contributed by atoms with Crippen molar-refractivity contribution in [3.8, 4) is 0 Å².